The first-order valence-electron chi connectivity index (χ1n) is 5.28. The first-order chi connectivity index (χ1) is 8.01. The Hall–Kier alpha value is -0.550. The molecule has 0 aliphatic heterocycles. The summed E-state index contributed by atoms with van der Waals surface area (Å²) in [5, 5.41) is 9.30. The lowest BCUT2D eigenvalue weighted by molar-refractivity contribution is -0.147. The average Bonchev–Trinajstić information content (AvgIpc) is 2.14. The fourth-order valence-electron chi connectivity index (χ4n) is 2.19. The number of carboxylic acid groups (broad SMARTS) is 1. The molecule has 0 spiro atoms. The molecule has 5 heteroatoms. The number of benzene rings is 1. The molecule has 17 heavy (non-hydrogen) atoms. The highest BCUT2D eigenvalue weighted by atomic mass is 79.9. The van der Waals surface area contributed by atoms with Gasteiger partial charge in [0, 0.05) is 4.47 Å². The molecule has 1 saturated carbocycles. The van der Waals surface area contributed by atoms with Crippen molar-refractivity contribution in [2.45, 2.75) is 29.6 Å². The van der Waals surface area contributed by atoms with Crippen LogP contribution in [-0.4, -0.2) is 17.3 Å². The van der Waals surface area contributed by atoms with Gasteiger partial charge in [0.05, 0.1) is 10.3 Å². The molecule has 1 aliphatic rings. The van der Waals surface area contributed by atoms with E-state index in [1.54, 1.807) is 12.3 Å². The largest absolute Gasteiger partial charge is 0.481 e. The third kappa shape index (κ3) is 1.99. The van der Waals surface area contributed by atoms with Gasteiger partial charge >= 0.3 is 5.97 Å². The van der Waals surface area contributed by atoms with Gasteiger partial charge in [-0.2, -0.15) is 0 Å². The van der Waals surface area contributed by atoms with Gasteiger partial charge in [-0.1, -0.05) is 6.42 Å². The molecule has 2 nitrogen and oxygen atoms in total. The van der Waals surface area contributed by atoms with Gasteiger partial charge in [0.1, 0.15) is 5.82 Å². The van der Waals surface area contributed by atoms with E-state index >= 15 is 0 Å². The highest BCUT2D eigenvalue weighted by molar-refractivity contribution is 9.10. The molecule has 1 N–H and O–H groups in total. The maximum Gasteiger partial charge on any atom is 0.314 e. The second-order valence-electron chi connectivity index (χ2n) is 4.21. The molecule has 0 aromatic heterocycles. The lowest BCUT2D eigenvalue weighted by Crippen LogP contribution is -2.42. The topological polar surface area (TPSA) is 37.3 Å². The third-order valence-corrected chi connectivity index (χ3v) is 5.08. The Balaban J connectivity index is 2.50. The van der Waals surface area contributed by atoms with E-state index in [4.69, 9.17) is 0 Å². The minimum atomic E-state index is -0.875. The minimum absolute atomic E-state index is 0.352. The SMILES string of the molecule is CSc1c(F)cc(C2(C(=O)O)CCC2)cc1Br. The molecule has 1 aromatic carbocycles. The van der Waals surface area contributed by atoms with Crippen LogP contribution < -0.4 is 0 Å². The summed E-state index contributed by atoms with van der Waals surface area (Å²) in [5.74, 6) is -1.21. The number of halogens is 2. The fourth-order valence-corrected chi connectivity index (χ4v) is 3.62. The van der Waals surface area contributed by atoms with Crippen LogP contribution in [0.25, 0.3) is 0 Å². The van der Waals surface area contributed by atoms with Gasteiger partial charge in [-0.15, -0.1) is 11.8 Å². The molecule has 0 atom stereocenters. The van der Waals surface area contributed by atoms with Gasteiger partial charge in [0.25, 0.3) is 0 Å². The van der Waals surface area contributed by atoms with Crippen molar-refractivity contribution in [3.05, 3.63) is 28.0 Å². The lowest BCUT2D eigenvalue weighted by atomic mass is 9.64. The molecule has 0 radical (unpaired) electrons. The first-order valence-corrected chi connectivity index (χ1v) is 7.30. The summed E-state index contributed by atoms with van der Waals surface area (Å²) in [6, 6.07) is 3.10. The molecule has 0 unspecified atom stereocenters. The van der Waals surface area contributed by atoms with Crippen molar-refractivity contribution < 1.29 is 14.3 Å². The standard InChI is InChI=1S/C12H12BrFO2S/c1-17-10-8(13)5-7(6-9(10)14)12(11(15)16)3-2-4-12/h5-6H,2-4H2,1H3,(H,15,16). The van der Waals surface area contributed by atoms with E-state index in [1.165, 1.54) is 17.8 Å². The molecule has 0 saturated heterocycles. The van der Waals surface area contributed by atoms with E-state index < -0.39 is 11.4 Å². The minimum Gasteiger partial charge on any atom is -0.481 e. The highest BCUT2D eigenvalue weighted by Crippen LogP contribution is 2.46. The summed E-state index contributed by atoms with van der Waals surface area (Å²) in [4.78, 5) is 11.9. The molecule has 1 aromatic rings. The van der Waals surface area contributed by atoms with Gasteiger partial charge in [0.15, 0.2) is 0 Å². The van der Waals surface area contributed by atoms with E-state index in [0.717, 1.165) is 6.42 Å². The van der Waals surface area contributed by atoms with Gasteiger partial charge < -0.3 is 5.11 Å². The van der Waals surface area contributed by atoms with E-state index in [-0.39, 0.29) is 5.82 Å². The summed E-state index contributed by atoms with van der Waals surface area (Å²) in [6.45, 7) is 0. The lowest BCUT2D eigenvalue weighted by Gasteiger charge is -2.38. The van der Waals surface area contributed by atoms with Crippen molar-refractivity contribution in [3.63, 3.8) is 0 Å². The Morgan fingerprint density at radius 2 is 2.18 bits per heavy atom. The van der Waals surface area contributed by atoms with Crippen molar-refractivity contribution in [1.29, 1.82) is 0 Å². The second-order valence-corrected chi connectivity index (χ2v) is 5.88. The molecular formula is C12H12BrFO2S. The van der Waals surface area contributed by atoms with Crippen LogP contribution >= 0.6 is 27.7 Å². The number of thioether (sulfide) groups is 1. The van der Waals surface area contributed by atoms with Crippen molar-refractivity contribution >= 4 is 33.7 Å². The molecule has 1 fully saturated rings. The van der Waals surface area contributed by atoms with Crippen LogP contribution in [0.3, 0.4) is 0 Å². The number of aliphatic carboxylic acids is 1. The Bertz CT molecular complexity index is 449. The number of carboxylic acids is 1. The second kappa shape index (κ2) is 4.61. The zero-order valence-corrected chi connectivity index (χ0v) is 11.7. The van der Waals surface area contributed by atoms with E-state index in [1.807, 2.05) is 0 Å². The van der Waals surface area contributed by atoms with Crippen LogP contribution in [0.15, 0.2) is 21.5 Å². The predicted molar refractivity (Wildman–Crippen MR) is 69.0 cm³/mol. The molecule has 0 bridgehead atoms. The highest BCUT2D eigenvalue weighted by Gasteiger charge is 2.46. The van der Waals surface area contributed by atoms with Crippen LogP contribution in [0.5, 0.6) is 0 Å². The van der Waals surface area contributed by atoms with Gasteiger partial charge in [-0.25, -0.2) is 4.39 Å². The zero-order valence-electron chi connectivity index (χ0n) is 9.30. The smallest absolute Gasteiger partial charge is 0.314 e. The third-order valence-electron chi connectivity index (χ3n) is 3.37. The molecule has 0 heterocycles. The molecule has 1 aliphatic carbocycles. The van der Waals surface area contributed by atoms with Crippen LogP contribution in [-0.2, 0) is 10.2 Å². The summed E-state index contributed by atoms with van der Waals surface area (Å²) < 4.78 is 14.5. The van der Waals surface area contributed by atoms with Crippen molar-refractivity contribution in [2.24, 2.45) is 0 Å². The van der Waals surface area contributed by atoms with E-state index in [0.29, 0.717) is 27.8 Å². The van der Waals surface area contributed by atoms with Gasteiger partial charge in [-0.05, 0) is 52.7 Å². The number of hydrogen-bond acceptors (Lipinski definition) is 2. The number of rotatable bonds is 3. The fraction of sp³-hybridized carbons (Fsp3) is 0.417. The van der Waals surface area contributed by atoms with Crippen LogP contribution in [0.1, 0.15) is 24.8 Å². The molecule has 2 rings (SSSR count). The summed E-state index contributed by atoms with van der Waals surface area (Å²) >= 11 is 4.61. The maximum atomic E-state index is 13.8. The van der Waals surface area contributed by atoms with Crippen LogP contribution in [0.2, 0.25) is 0 Å². The predicted octanol–water partition coefficient (Wildman–Crippen LogP) is 3.82. The number of hydrogen-bond donors (Lipinski definition) is 1. The first kappa shape index (κ1) is 12.9. The quantitative estimate of drug-likeness (QED) is 0.861. The Kier molecular flexibility index (Phi) is 3.50. The van der Waals surface area contributed by atoms with Crippen molar-refractivity contribution in [1.82, 2.24) is 0 Å². The summed E-state index contributed by atoms with van der Waals surface area (Å²) in [5.41, 5.74) is -0.307. The Labute approximate surface area is 112 Å². The van der Waals surface area contributed by atoms with E-state index in [2.05, 4.69) is 15.9 Å². The van der Waals surface area contributed by atoms with Crippen molar-refractivity contribution in [2.75, 3.05) is 6.26 Å². The van der Waals surface area contributed by atoms with Crippen LogP contribution in [0, 0.1) is 5.82 Å². The van der Waals surface area contributed by atoms with Crippen molar-refractivity contribution in [3.8, 4) is 0 Å². The average molecular weight is 319 g/mol. The monoisotopic (exact) mass is 318 g/mol. The van der Waals surface area contributed by atoms with Gasteiger partial charge in [-0.3, -0.25) is 4.79 Å². The zero-order chi connectivity index (χ0) is 12.6. The summed E-state index contributed by atoms with van der Waals surface area (Å²) in [7, 11) is 0. The molecule has 92 valence electrons. The summed E-state index contributed by atoms with van der Waals surface area (Å²) in [6.07, 6.45) is 3.86. The number of carbonyl (C=O) groups is 1. The van der Waals surface area contributed by atoms with E-state index in [9.17, 15) is 14.3 Å². The van der Waals surface area contributed by atoms with Gasteiger partial charge in [0.2, 0.25) is 0 Å². The normalized spacial score (nSPS) is 17.6. The molecular weight excluding hydrogens is 307 g/mol. The molecule has 0 amide bonds. The van der Waals surface area contributed by atoms with Crippen LogP contribution in [0.4, 0.5) is 4.39 Å². The Morgan fingerprint density at radius 3 is 2.53 bits per heavy atom. The Morgan fingerprint density at radius 1 is 1.53 bits per heavy atom. The maximum absolute atomic E-state index is 13.8.